The van der Waals surface area contributed by atoms with Crippen LogP contribution >= 0.6 is 12.4 Å². The number of carbonyl (C=O) groups is 1. The number of benzene rings is 1. The zero-order valence-electron chi connectivity index (χ0n) is 19.8. The normalized spacial score (nSPS) is 20.6. The van der Waals surface area contributed by atoms with E-state index in [4.69, 9.17) is 0 Å². The molecule has 1 aliphatic carbocycles. The van der Waals surface area contributed by atoms with Gasteiger partial charge in [-0.15, -0.1) is 12.4 Å². The predicted octanol–water partition coefficient (Wildman–Crippen LogP) is 4.04. The van der Waals surface area contributed by atoms with Crippen molar-refractivity contribution >= 4 is 28.2 Å². The monoisotopic (exact) mass is 552 g/mol. The molecular formula is C23H29ClF4N4O3S. The van der Waals surface area contributed by atoms with Crippen LogP contribution in [0.5, 0.6) is 0 Å². The molecule has 4 rings (SSSR count). The lowest BCUT2D eigenvalue weighted by molar-refractivity contribution is -0.0891. The van der Waals surface area contributed by atoms with Crippen molar-refractivity contribution in [3.63, 3.8) is 0 Å². The van der Waals surface area contributed by atoms with Crippen LogP contribution in [0.2, 0.25) is 0 Å². The highest BCUT2D eigenvalue weighted by atomic mass is 35.5. The van der Waals surface area contributed by atoms with E-state index in [1.807, 2.05) is 4.90 Å². The maximum Gasteiger partial charge on any atom is 0.262 e. The Labute approximate surface area is 213 Å². The Balaban J connectivity index is 0.00000361. The summed E-state index contributed by atoms with van der Waals surface area (Å²) in [5.74, 6) is -5.05. The minimum Gasteiger partial charge on any atom is -0.339 e. The molecule has 0 radical (unpaired) electrons. The molecule has 7 nitrogen and oxygen atoms in total. The molecule has 36 heavy (non-hydrogen) atoms. The first-order valence-electron chi connectivity index (χ1n) is 11.5. The van der Waals surface area contributed by atoms with E-state index in [0.29, 0.717) is 19.2 Å². The Hall–Kier alpha value is -2.02. The Morgan fingerprint density at radius 3 is 2.25 bits per heavy atom. The summed E-state index contributed by atoms with van der Waals surface area (Å²) in [6, 6.07) is 2.75. The Kier molecular flexibility index (Phi) is 8.54. The van der Waals surface area contributed by atoms with E-state index in [-0.39, 0.29) is 74.6 Å². The van der Waals surface area contributed by atoms with Crippen molar-refractivity contribution < 1.29 is 30.8 Å². The molecular weight excluding hydrogens is 524 g/mol. The van der Waals surface area contributed by atoms with Gasteiger partial charge in [-0.3, -0.25) is 9.69 Å². The molecule has 2 aliphatic rings. The van der Waals surface area contributed by atoms with Gasteiger partial charge in [-0.05, 0) is 31.4 Å². The molecule has 0 bridgehead atoms. The van der Waals surface area contributed by atoms with Crippen LogP contribution in [0.15, 0.2) is 35.7 Å². The first-order chi connectivity index (χ1) is 16.4. The second-order valence-corrected chi connectivity index (χ2v) is 11.3. The van der Waals surface area contributed by atoms with Gasteiger partial charge in [0.2, 0.25) is 5.92 Å². The van der Waals surface area contributed by atoms with Gasteiger partial charge < -0.3 is 4.57 Å². The molecule has 2 fully saturated rings. The number of sulfonamides is 1. The number of alkyl halides is 2. The van der Waals surface area contributed by atoms with Crippen LogP contribution < -0.4 is 0 Å². The van der Waals surface area contributed by atoms with Gasteiger partial charge in [0.15, 0.2) is 10.8 Å². The Morgan fingerprint density at radius 1 is 1.06 bits per heavy atom. The fourth-order valence-corrected chi connectivity index (χ4v) is 6.45. The highest BCUT2D eigenvalue weighted by molar-refractivity contribution is 7.89. The van der Waals surface area contributed by atoms with E-state index in [1.54, 1.807) is 11.6 Å². The first kappa shape index (κ1) is 28.5. The number of hydrogen-bond donors (Lipinski definition) is 0. The van der Waals surface area contributed by atoms with Crippen LogP contribution in [0.25, 0.3) is 0 Å². The molecule has 0 atom stereocenters. The van der Waals surface area contributed by atoms with Gasteiger partial charge in [0, 0.05) is 70.3 Å². The highest BCUT2D eigenvalue weighted by Gasteiger charge is 2.47. The van der Waals surface area contributed by atoms with E-state index >= 15 is 0 Å². The van der Waals surface area contributed by atoms with Gasteiger partial charge in [-0.1, -0.05) is 0 Å². The SMILES string of the molecule is Cl.Cn1cnc(S(=O)(=O)N2CCN(C3(CCC(=O)c4ccc(F)cc4F)CCC(F)(F)CC3)CC2)c1. The fourth-order valence-electron chi connectivity index (χ4n) is 5.06. The van der Waals surface area contributed by atoms with Crippen molar-refractivity contribution in [1.29, 1.82) is 0 Å². The van der Waals surface area contributed by atoms with Crippen LogP contribution in [0.1, 0.15) is 48.9 Å². The van der Waals surface area contributed by atoms with Gasteiger partial charge in [0.1, 0.15) is 11.6 Å². The van der Waals surface area contributed by atoms with Crippen molar-refractivity contribution in [2.75, 3.05) is 26.2 Å². The number of ketones is 1. The smallest absolute Gasteiger partial charge is 0.262 e. The minimum absolute atomic E-state index is 0. The number of imidazole rings is 1. The molecule has 0 spiro atoms. The zero-order valence-corrected chi connectivity index (χ0v) is 21.4. The summed E-state index contributed by atoms with van der Waals surface area (Å²) < 4.78 is 84.0. The van der Waals surface area contributed by atoms with Gasteiger partial charge in [-0.2, -0.15) is 4.31 Å². The molecule has 0 unspecified atom stereocenters. The van der Waals surface area contributed by atoms with E-state index < -0.39 is 38.9 Å². The van der Waals surface area contributed by atoms with Gasteiger partial charge in [0.05, 0.1) is 11.9 Å². The van der Waals surface area contributed by atoms with Gasteiger partial charge in [-0.25, -0.2) is 31.0 Å². The second-order valence-electron chi connectivity index (χ2n) is 9.40. The van der Waals surface area contributed by atoms with E-state index in [1.165, 1.54) is 16.8 Å². The third-order valence-electron chi connectivity index (χ3n) is 7.16. The summed E-state index contributed by atoms with van der Waals surface area (Å²) >= 11 is 0. The number of aryl methyl sites for hydroxylation is 1. The van der Waals surface area contributed by atoms with Crippen molar-refractivity contribution in [2.45, 2.75) is 55.0 Å². The number of nitrogens with zero attached hydrogens (tertiary/aromatic N) is 4. The quantitative estimate of drug-likeness (QED) is 0.383. The summed E-state index contributed by atoms with van der Waals surface area (Å²) in [6.45, 7) is 0.961. The number of Topliss-reactive ketones (excluding diaryl/α,β-unsaturated/α-hetero) is 1. The van der Waals surface area contributed by atoms with Crippen LogP contribution in [-0.4, -0.2) is 70.6 Å². The predicted molar refractivity (Wildman–Crippen MR) is 127 cm³/mol. The second kappa shape index (κ2) is 10.8. The molecule has 2 heterocycles. The third kappa shape index (κ3) is 5.92. The fraction of sp³-hybridized carbons (Fsp3) is 0.565. The molecule has 13 heteroatoms. The first-order valence-corrected chi connectivity index (χ1v) is 13.0. The van der Waals surface area contributed by atoms with Crippen molar-refractivity contribution in [1.82, 2.24) is 18.8 Å². The van der Waals surface area contributed by atoms with Crippen molar-refractivity contribution in [3.8, 4) is 0 Å². The topological polar surface area (TPSA) is 75.5 Å². The van der Waals surface area contributed by atoms with E-state index in [0.717, 1.165) is 12.1 Å². The zero-order chi connectivity index (χ0) is 25.4. The number of carbonyl (C=O) groups excluding carboxylic acids is 1. The maximum atomic E-state index is 14.1. The summed E-state index contributed by atoms with van der Waals surface area (Å²) in [5, 5.41) is -0.0487. The molecule has 0 amide bonds. The minimum atomic E-state index is -3.78. The highest BCUT2D eigenvalue weighted by Crippen LogP contribution is 2.44. The summed E-state index contributed by atoms with van der Waals surface area (Å²) in [4.78, 5) is 18.6. The van der Waals surface area contributed by atoms with Gasteiger partial charge in [0.25, 0.3) is 10.0 Å². The largest absolute Gasteiger partial charge is 0.339 e. The molecule has 1 saturated heterocycles. The number of aromatic nitrogens is 2. The molecule has 2 aromatic rings. The van der Waals surface area contributed by atoms with Gasteiger partial charge >= 0.3 is 0 Å². The molecule has 0 N–H and O–H groups in total. The van der Waals surface area contributed by atoms with E-state index in [2.05, 4.69) is 4.98 Å². The van der Waals surface area contributed by atoms with Crippen LogP contribution in [0.3, 0.4) is 0 Å². The van der Waals surface area contributed by atoms with Crippen molar-refractivity contribution in [3.05, 3.63) is 47.9 Å². The summed E-state index contributed by atoms with van der Waals surface area (Å²) in [6.07, 6.45) is 2.59. The lowest BCUT2D eigenvalue weighted by Gasteiger charge is -2.50. The van der Waals surface area contributed by atoms with Crippen LogP contribution in [-0.2, 0) is 17.1 Å². The maximum absolute atomic E-state index is 14.1. The average Bonchev–Trinajstić information content (AvgIpc) is 3.26. The molecule has 1 aliphatic heterocycles. The molecule has 1 aromatic carbocycles. The number of piperazine rings is 1. The number of halogens is 5. The van der Waals surface area contributed by atoms with E-state index in [9.17, 15) is 30.8 Å². The third-order valence-corrected chi connectivity index (χ3v) is 8.94. The summed E-state index contributed by atoms with van der Waals surface area (Å²) in [5.41, 5.74) is -0.955. The average molecular weight is 553 g/mol. The lowest BCUT2D eigenvalue weighted by atomic mass is 9.74. The standard InChI is InChI=1S/C23H28F4N4O3S.ClH/c1-29-15-21(28-16-29)35(33,34)31-12-10-30(11-13-31)22(6-8-23(26,27)9-7-22)5-4-20(32)18-3-2-17(24)14-19(18)25;/h2-3,14-16H,4-13H2,1H3;1H. The molecule has 200 valence electrons. The Morgan fingerprint density at radius 2 is 1.69 bits per heavy atom. The molecule has 1 saturated carbocycles. The van der Waals surface area contributed by atoms with Crippen LogP contribution in [0, 0.1) is 11.6 Å². The van der Waals surface area contributed by atoms with Crippen molar-refractivity contribution in [2.24, 2.45) is 7.05 Å². The van der Waals surface area contributed by atoms with Crippen LogP contribution in [0.4, 0.5) is 17.6 Å². The molecule has 1 aromatic heterocycles. The number of rotatable bonds is 7. The Bertz CT molecular complexity index is 1190. The lowest BCUT2D eigenvalue weighted by Crippen LogP contribution is -2.59. The summed E-state index contributed by atoms with van der Waals surface area (Å²) in [7, 11) is -2.10. The number of hydrogen-bond acceptors (Lipinski definition) is 5.